The predicted molar refractivity (Wildman–Crippen MR) is 93.3 cm³/mol. The maximum Gasteiger partial charge on any atom is 0.238 e. The molecule has 0 aliphatic heterocycles. The largest absolute Gasteiger partial charge is 0.325 e. The maximum absolute atomic E-state index is 12.4. The first-order chi connectivity index (χ1) is 11.0. The summed E-state index contributed by atoms with van der Waals surface area (Å²) in [5.41, 5.74) is 2.42. The molecule has 0 spiro atoms. The summed E-state index contributed by atoms with van der Waals surface area (Å²) in [6.45, 7) is 2.58. The van der Waals surface area contributed by atoms with Gasteiger partial charge in [0.1, 0.15) is 0 Å². The molecule has 4 saturated carbocycles. The van der Waals surface area contributed by atoms with E-state index in [0.29, 0.717) is 12.1 Å². The fourth-order valence-electron chi connectivity index (χ4n) is 5.75. The second kappa shape index (κ2) is 5.62. The molecule has 0 saturated heterocycles. The van der Waals surface area contributed by atoms with Gasteiger partial charge in [-0.2, -0.15) is 0 Å². The van der Waals surface area contributed by atoms with Crippen LogP contribution in [0.5, 0.6) is 0 Å². The summed E-state index contributed by atoms with van der Waals surface area (Å²) in [6.07, 6.45) is 8.28. The Labute approximate surface area is 139 Å². The molecular weight excluding hydrogens is 284 g/mol. The fourth-order valence-corrected chi connectivity index (χ4v) is 5.75. The van der Waals surface area contributed by atoms with Gasteiger partial charge in [-0.1, -0.05) is 17.7 Å². The van der Waals surface area contributed by atoms with Gasteiger partial charge >= 0.3 is 0 Å². The zero-order valence-electron chi connectivity index (χ0n) is 14.3. The number of benzene rings is 1. The molecule has 5 rings (SSSR count). The number of carbonyl (C=O) groups is 1. The molecule has 0 aromatic heterocycles. The molecule has 0 heterocycles. The normalized spacial score (nSPS) is 34.8. The number of nitrogens with one attached hydrogen (secondary N) is 1. The van der Waals surface area contributed by atoms with E-state index in [9.17, 15) is 4.79 Å². The Balaban J connectivity index is 1.40. The van der Waals surface area contributed by atoms with Crippen molar-refractivity contribution >= 4 is 11.6 Å². The molecule has 23 heavy (non-hydrogen) atoms. The highest BCUT2D eigenvalue weighted by atomic mass is 16.2. The van der Waals surface area contributed by atoms with Crippen molar-refractivity contribution in [2.45, 2.75) is 51.0 Å². The van der Waals surface area contributed by atoms with E-state index >= 15 is 0 Å². The van der Waals surface area contributed by atoms with Crippen LogP contribution in [0, 0.1) is 24.7 Å². The molecule has 4 fully saturated rings. The van der Waals surface area contributed by atoms with E-state index in [1.807, 2.05) is 24.3 Å². The number of hydrogen-bond acceptors (Lipinski definition) is 2. The minimum absolute atomic E-state index is 0.118. The molecule has 0 atom stereocenters. The van der Waals surface area contributed by atoms with Crippen molar-refractivity contribution in [3.8, 4) is 0 Å². The number of nitrogens with zero attached hydrogens (tertiary/aromatic N) is 1. The average molecular weight is 312 g/mol. The molecule has 1 amide bonds. The third-order valence-electron chi connectivity index (χ3n) is 6.53. The number of aryl methyl sites for hydroxylation is 1. The van der Waals surface area contributed by atoms with Gasteiger partial charge in [0.2, 0.25) is 5.91 Å². The Morgan fingerprint density at radius 3 is 2.13 bits per heavy atom. The quantitative estimate of drug-likeness (QED) is 0.916. The van der Waals surface area contributed by atoms with Crippen molar-refractivity contribution in [2.24, 2.45) is 17.8 Å². The number of carbonyl (C=O) groups excluding carboxylic acids is 1. The molecule has 1 N–H and O–H groups in total. The van der Waals surface area contributed by atoms with E-state index in [2.05, 4.69) is 24.2 Å². The van der Waals surface area contributed by atoms with Gasteiger partial charge in [-0.05, 0) is 82.4 Å². The average Bonchev–Trinajstić information content (AvgIpc) is 2.48. The summed E-state index contributed by atoms with van der Waals surface area (Å²) in [5.74, 6) is 2.88. The standard InChI is InChI=1S/C20H28N2O/c1-14-3-5-18(6-4-14)21-19(23)13-22(2)20-10-15-7-16(11-20)9-17(8-15)12-20/h3-6,15-17H,7-13H2,1-2H3,(H,21,23). The first-order valence-corrected chi connectivity index (χ1v) is 9.10. The zero-order valence-corrected chi connectivity index (χ0v) is 14.3. The smallest absolute Gasteiger partial charge is 0.238 e. The Morgan fingerprint density at radius 1 is 1.09 bits per heavy atom. The number of rotatable bonds is 4. The summed E-state index contributed by atoms with van der Waals surface area (Å²) in [7, 11) is 2.17. The van der Waals surface area contributed by atoms with Gasteiger partial charge in [0.25, 0.3) is 0 Å². The highest BCUT2D eigenvalue weighted by molar-refractivity contribution is 5.92. The number of anilines is 1. The van der Waals surface area contributed by atoms with Crippen molar-refractivity contribution in [3.63, 3.8) is 0 Å². The highest BCUT2D eigenvalue weighted by Gasteiger charge is 2.52. The van der Waals surface area contributed by atoms with Crippen molar-refractivity contribution < 1.29 is 4.79 Å². The molecule has 4 bridgehead atoms. The highest BCUT2D eigenvalue weighted by Crippen LogP contribution is 2.57. The first-order valence-electron chi connectivity index (χ1n) is 9.10. The molecular formula is C20H28N2O. The van der Waals surface area contributed by atoms with Crippen LogP contribution in [0.2, 0.25) is 0 Å². The van der Waals surface area contributed by atoms with Crippen molar-refractivity contribution in [1.82, 2.24) is 4.90 Å². The van der Waals surface area contributed by atoms with Crippen LogP contribution in [-0.2, 0) is 4.79 Å². The molecule has 0 radical (unpaired) electrons. The van der Waals surface area contributed by atoms with Gasteiger partial charge in [0, 0.05) is 11.2 Å². The van der Waals surface area contributed by atoms with E-state index < -0.39 is 0 Å². The maximum atomic E-state index is 12.4. The Hall–Kier alpha value is -1.35. The van der Waals surface area contributed by atoms with Gasteiger partial charge in [0.05, 0.1) is 6.54 Å². The Morgan fingerprint density at radius 2 is 1.61 bits per heavy atom. The van der Waals surface area contributed by atoms with Crippen LogP contribution in [0.15, 0.2) is 24.3 Å². The van der Waals surface area contributed by atoms with Crippen molar-refractivity contribution in [3.05, 3.63) is 29.8 Å². The molecule has 3 heteroatoms. The Bertz CT molecular complexity index is 557. The summed E-state index contributed by atoms with van der Waals surface area (Å²) in [6, 6.07) is 8.05. The van der Waals surface area contributed by atoms with Crippen molar-refractivity contribution in [2.75, 3.05) is 18.9 Å². The third-order valence-corrected chi connectivity index (χ3v) is 6.53. The van der Waals surface area contributed by atoms with Crippen LogP contribution in [0.1, 0.15) is 44.1 Å². The van der Waals surface area contributed by atoms with Gasteiger partial charge in [0.15, 0.2) is 0 Å². The molecule has 124 valence electrons. The van der Waals surface area contributed by atoms with E-state index in [1.54, 1.807) is 0 Å². The molecule has 3 nitrogen and oxygen atoms in total. The van der Waals surface area contributed by atoms with E-state index in [-0.39, 0.29) is 5.91 Å². The van der Waals surface area contributed by atoms with Gasteiger partial charge in [-0.15, -0.1) is 0 Å². The van der Waals surface area contributed by atoms with Gasteiger partial charge in [-0.25, -0.2) is 0 Å². The number of hydrogen-bond donors (Lipinski definition) is 1. The fraction of sp³-hybridized carbons (Fsp3) is 0.650. The number of likely N-dealkylation sites (N-methyl/N-ethyl adjacent to an activating group) is 1. The van der Waals surface area contributed by atoms with Crippen LogP contribution in [0.4, 0.5) is 5.69 Å². The molecule has 4 aliphatic carbocycles. The predicted octanol–water partition coefficient (Wildman–Crippen LogP) is 3.83. The molecule has 0 unspecified atom stereocenters. The topological polar surface area (TPSA) is 32.3 Å². The lowest BCUT2D eigenvalue weighted by atomic mass is 9.52. The second-order valence-electron chi connectivity index (χ2n) is 8.41. The van der Waals surface area contributed by atoms with Gasteiger partial charge in [-0.3, -0.25) is 9.69 Å². The summed E-state index contributed by atoms with van der Waals surface area (Å²) >= 11 is 0. The second-order valence-corrected chi connectivity index (χ2v) is 8.41. The molecule has 1 aromatic carbocycles. The minimum atomic E-state index is 0.118. The third kappa shape index (κ3) is 2.91. The van der Waals surface area contributed by atoms with Crippen LogP contribution in [0.25, 0.3) is 0 Å². The number of amides is 1. The van der Waals surface area contributed by atoms with E-state index in [1.165, 1.54) is 44.1 Å². The Kier molecular flexibility index (Phi) is 3.72. The lowest BCUT2D eigenvalue weighted by molar-refractivity contribution is -0.123. The lowest BCUT2D eigenvalue weighted by Gasteiger charge is -2.59. The zero-order chi connectivity index (χ0) is 16.0. The van der Waals surface area contributed by atoms with Crippen LogP contribution in [-0.4, -0.2) is 29.9 Å². The first kappa shape index (κ1) is 15.2. The molecule has 1 aromatic rings. The SMILES string of the molecule is Cc1ccc(NC(=O)CN(C)C23CC4CC(CC(C4)C2)C3)cc1. The summed E-state index contributed by atoms with van der Waals surface area (Å²) in [5, 5.41) is 3.05. The van der Waals surface area contributed by atoms with Crippen molar-refractivity contribution in [1.29, 1.82) is 0 Å². The van der Waals surface area contributed by atoms with Crippen LogP contribution in [0.3, 0.4) is 0 Å². The van der Waals surface area contributed by atoms with Crippen LogP contribution < -0.4 is 5.32 Å². The lowest BCUT2D eigenvalue weighted by Crippen LogP contribution is -2.59. The van der Waals surface area contributed by atoms with Gasteiger partial charge < -0.3 is 5.32 Å². The van der Waals surface area contributed by atoms with E-state index in [0.717, 1.165) is 23.4 Å². The van der Waals surface area contributed by atoms with Crippen LogP contribution >= 0.6 is 0 Å². The monoisotopic (exact) mass is 312 g/mol. The summed E-state index contributed by atoms with van der Waals surface area (Å²) in [4.78, 5) is 14.8. The minimum Gasteiger partial charge on any atom is -0.325 e. The molecule has 4 aliphatic rings. The van der Waals surface area contributed by atoms with E-state index in [4.69, 9.17) is 0 Å². The summed E-state index contributed by atoms with van der Waals surface area (Å²) < 4.78 is 0.